The zero-order valence-corrected chi connectivity index (χ0v) is 7.92. The Hall–Kier alpha value is -0.710. The maximum absolute atomic E-state index is 11.6. The van der Waals surface area contributed by atoms with Crippen LogP contribution in [0, 0.1) is 5.92 Å². The van der Waals surface area contributed by atoms with Crippen LogP contribution in [0.15, 0.2) is 0 Å². The van der Waals surface area contributed by atoms with E-state index in [1.807, 2.05) is 0 Å². The van der Waals surface area contributed by atoms with Crippen LogP contribution in [0.25, 0.3) is 0 Å². The third kappa shape index (κ3) is 1.65. The molecule has 2 rings (SSSR count). The van der Waals surface area contributed by atoms with Gasteiger partial charge in [0.05, 0.1) is 5.88 Å². The number of amides is 1. The van der Waals surface area contributed by atoms with Crippen molar-refractivity contribution in [2.45, 2.75) is 18.9 Å². The van der Waals surface area contributed by atoms with E-state index >= 15 is 0 Å². The molecule has 1 saturated carbocycles. The maximum atomic E-state index is 11.6. The van der Waals surface area contributed by atoms with Crippen LogP contribution < -0.4 is 0 Å². The first-order chi connectivity index (χ1) is 6.20. The molecule has 0 unspecified atom stereocenters. The van der Waals surface area contributed by atoms with Crippen molar-refractivity contribution in [1.29, 1.82) is 0 Å². The molecule has 4 nitrogen and oxygen atoms in total. The van der Waals surface area contributed by atoms with E-state index in [9.17, 15) is 9.59 Å². The number of carboxylic acids is 1. The number of carboxylic acid groups (broad SMARTS) is 1. The molecule has 2 aliphatic rings. The third-order valence-corrected chi connectivity index (χ3v) is 3.39. The van der Waals surface area contributed by atoms with Crippen molar-refractivity contribution in [2.24, 2.45) is 5.92 Å². The molecular formula is C8H11NO3S. The molecule has 1 aliphatic heterocycles. The average Bonchev–Trinajstić information content (AvgIpc) is 2.80. The summed E-state index contributed by atoms with van der Waals surface area (Å²) in [5.41, 5.74) is 0. The number of hydrogen-bond acceptors (Lipinski definition) is 3. The highest BCUT2D eigenvalue weighted by Crippen LogP contribution is 2.34. The zero-order chi connectivity index (χ0) is 9.42. The van der Waals surface area contributed by atoms with Crippen LogP contribution in [0.4, 0.5) is 0 Å². The number of hydrogen-bond donors (Lipinski definition) is 1. The maximum Gasteiger partial charge on any atom is 0.327 e. The largest absolute Gasteiger partial charge is 0.480 e. The van der Waals surface area contributed by atoms with Gasteiger partial charge < -0.3 is 10.0 Å². The number of aliphatic carboxylic acids is 1. The van der Waals surface area contributed by atoms with Gasteiger partial charge in [0.15, 0.2) is 0 Å². The molecular weight excluding hydrogens is 190 g/mol. The standard InChI is InChI=1S/C8H11NO3S/c10-7(5-1-2-5)9-4-13-3-6(9)8(11)12/h5-6H,1-4H2,(H,11,12)/t6-/m0/s1. The van der Waals surface area contributed by atoms with Gasteiger partial charge in [-0.3, -0.25) is 4.79 Å². The second-order valence-electron chi connectivity index (χ2n) is 3.44. The molecule has 1 atom stereocenters. The predicted octanol–water partition coefficient (Wildman–Crippen LogP) is 0.382. The molecule has 1 amide bonds. The summed E-state index contributed by atoms with van der Waals surface area (Å²) in [5.74, 6) is 0.372. The molecule has 0 bridgehead atoms. The van der Waals surface area contributed by atoms with Gasteiger partial charge in [-0.05, 0) is 12.8 Å². The van der Waals surface area contributed by atoms with E-state index in [0.717, 1.165) is 12.8 Å². The van der Waals surface area contributed by atoms with Crippen molar-refractivity contribution in [3.05, 3.63) is 0 Å². The molecule has 72 valence electrons. The molecule has 0 aromatic heterocycles. The number of rotatable bonds is 2. The molecule has 0 radical (unpaired) electrons. The molecule has 13 heavy (non-hydrogen) atoms. The van der Waals surface area contributed by atoms with E-state index in [1.165, 1.54) is 16.7 Å². The fourth-order valence-electron chi connectivity index (χ4n) is 1.43. The van der Waals surface area contributed by atoms with Gasteiger partial charge in [-0.15, -0.1) is 11.8 Å². The Bertz CT molecular complexity index is 252. The molecule has 1 heterocycles. The van der Waals surface area contributed by atoms with Crippen LogP contribution in [0.3, 0.4) is 0 Å². The molecule has 1 N–H and O–H groups in total. The van der Waals surface area contributed by atoms with Gasteiger partial charge >= 0.3 is 5.97 Å². The Morgan fingerprint density at radius 1 is 1.38 bits per heavy atom. The summed E-state index contributed by atoms with van der Waals surface area (Å²) < 4.78 is 0. The van der Waals surface area contributed by atoms with Crippen molar-refractivity contribution >= 4 is 23.6 Å². The topological polar surface area (TPSA) is 57.6 Å². The van der Waals surface area contributed by atoms with E-state index in [-0.39, 0.29) is 11.8 Å². The summed E-state index contributed by atoms with van der Waals surface area (Å²) in [4.78, 5) is 23.8. The van der Waals surface area contributed by atoms with E-state index in [1.54, 1.807) is 0 Å². The Morgan fingerprint density at radius 3 is 2.62 bits per heavy atom. The van der Waals surface area contributed by atoms with Gasteiger partial charge in [-0.2, -0.15) is 0 Å². The summed E-state index contributed by atoms with van der Waals surface area (Å²) in [7, 11) is 0. The molecule has 1 aliphatic carbocycles. The van der Waals surface area contributed by atoms with Crippen LogP contribution in [0.2, 0.25) is 0 Å². The average molecular weight is 201 g/mol. The molecule has 5 heteroatoms. The van der Waals surface area contributed by atoms with Crippen LogP contribution >= 0.6 is 11.8 Å². The second-order valence-corrected chi connectivity index (χ2v) is 4.44. The van der Waals surface area contributed by atoms with Gasteiger partial charge in [0, 0.05) is 11.7 Å². The van der Waals surface area contributed by atoms with Crippen molar-refractivity contribution in [2.75, 3.05) is 11.6 Å². The van der Waals surface area contributed by atoms with Gasteiger partial charge in [0.25, 0.3) is 0 Å². The Labute approximate surface area is 80.3 Å². The van der Waals surface area contributed by atoms with E-state index < -0.39 is 12.0 Å². The SMILES string of the molecule is O=C(O)[C@@H]1CSCN1C(=O)C1CC1. The number of carbonyl (C=O) groups is 2. The molecule has 2 fully saturated rings. The minimum Gasteiger partial charge on any atom is -0.480 e. The van der Waals surface area contributed by atoms with Gasteiger partial charge in [0.1, 0.15) is 6.04 Å². The molecule has 0 aromatic rings. The predicted molar refractivity (Wildman–Crippen MR) is 48.3 cm³/mol. The second kappa shape index (κ2) is 3.21. The van der Waals surface area contributed by atoms with Crippen LogP contribution in [-0.2, 0) is 9.59 Å². The molecule has 0 aromatic carbocycles. The summed E-state index contributed by atoms with van der Waals surface area (Å²) in [6.07, 6.45) is 1.87. The minimum absolute atomic E-state index is 0.0393. The quantitative estimate of drug-likeness (QED) is 0.701. The fraction of sp³-hybridized carbons (Fsp3) is 0.750. The van der Waals surface area contributed by atoms with Crippen LogP contribution in [-0.4, -0.2) is 39.6 Å². The summed E-state index contributed by atoms with van der Waals surface area (Å²) >= 11 is 1.52. The number of nitrogens with zero attached hydrogens (tertiary/aromatic N) is 1. The first-order valence-corrected chi connectivity index (χ1v) is 5.46. The highest BCUT2D eigenvalue weighted by Gasteiger charge is 2.41. The normalized spacial score (nSPS) is 27.7. The lowest BCUT2D eigenvalue weighted by Gasteiger charge is -2.19. The van der Waals surface area contributed by atoms with Crippen LogP contribution in [0.5, 0.6) is 0 Å². The number of carbonyl (C=O) groups excluding carboxylic acids is 1. The first kappa shape index (κ1) is 8.87. The summed E-state index contributed by atoms with van der Waals surface area (Å²) in [6.45, 7) is 0. The highest BCUT2D eigenvalue weighted by atomic mass is 32.2. The molecule has 0 spiro atoms. The van der Waals surface area contributed by atoms with Crippen molar-refractivity contribution in [3.63, 3.8) is 0 Å². The summed E-state index contributed by atoms with van der Waals surface area (Å²) in [5, 5.41) is 8.83. The van der Waals surface area contributed by atoms with Crippen LogP contribution in [0.1, 0.15) is 12.8 Å². The van der Waals surface area contributed by atoms with Gasteiger partial charge in [-0.1, -0.05) is 0 Å². The molecule has 1 saturated heterocycles. The minimum atomic E-state index is -0.876. The fourth-order valence-corrected chi connectivity index (χ4v) is 2.58. The van der Waals surface area contributed by atoms with Crippen molar-refractivity contribution < 1.29 is 14.7 Å². The lowest BCUT2D eigenvalue weighted by atomic mass is 10.2. The first-order valence-electron chi connectivity index (χ1n) is 4.31. The van der Waals surface area contributed by atoms with Gasteiger partial charge in [-0.25, -0.2) is 4.79 Å². The number of thioether (sulfide) groups is 1. The Morgan fingerprint density at radius 2 is 2.08 bits per heavy atom. The highest BCUT2D eigenvalue weighted by molar-refractivity contribution is 7.99. The lowest BCUT2D eigenvalue weighted by Crippen LogP contribution is -2.42. The van der Waals surface area contributed by atoms with Gasteiger partial charge in [0.2, 0.25) is 5.91 Å². The smallest absolute Gasteiger partial charge is 0.327 e. The Kier molecular flexibility index (Phi) is 2.19. The summed E-state index contributed by atoms with van der Waals surface area (Å²) in [6, 6.07) is -0.585. The van der Waals surface area contributed by atoms with Crippen molar-refractivity contribution in [1.82, 2.24) is 4.90 Å². The zero-order valence-electron chi connectivity index (χ0n) is 7.10. The van der Waals surface area contributed by atoms with E-state index in [0.29, 0.717) is 11.6 Å². The lowest BCUT2D eigenvalue weighted by molar-refractivity contribution is -0.148. The third-order valence-electron chi connectivity index (χ3n) is 2.38. The monoisotopic (exact) mass is 201 g/mol. The van der Waals surface area contributed by atoms with Crippen molar-refractivity contribution in [3.8, 4) is 0 Å². The van der Waals surface area contributed by atoms with E-state index in [2.05, 4.69) is 0 Å². The Balaban J connectivity index is 2.03. The van der Waals surface area contributed by atoms with E-state index in [4.69, 9.17) is 5.11 Å².